The maximum atomic E-state index is 13.2. The third-order valence-electron chi connectivity index (χ3n) is 2.22. The van der Waals surface area contributed by atoms with Crippen molar-refractivity contribution in [1.29, 1.82) is 0 Å². The van der Waals surface area contributed by atoms with Gasteiger partial charge in [-0.3, -0.25) is 9.59 Å². The summed E-state index contributed by atoms with van der Waals surface area (Å²) in [7, 11) is 0. The fraction of sp³-hybridized carbons (Fsp3) is 0.273. The summed E-state index contributed by atoms with van der Waals surface area (Å²) in [5.74, 6) is -3.78. The first-order chi connectivity index (χ1) is 8.41. The van der Waals surface area contributed by atoms with Crippen molar-refractivity contribution in [2.75, 3.05) is 5.32 Å². The predicted molar refractivity (Wildman–Crippen MR) is 59.8 cm³/mol. The summed E-state index contributed by atoms with van der Waals surface area (Å²) in [4.78, 5) is 21.8. The molecule has 0 aliphatic carbocycles. The lowest BCUT2D eigenvalue weighted by Crippen LogP contribution is -2.36. The summed E-state index contributed by atoms with van der Waals surface area (Å²) in [5, 5.41) is 10.4. The second-order valence-electron chi connectivity index (χ2n) is 3.62. The first-order valence-electron chi connectivity index (χ1n) is 5.14. The summed E-state index contributed by atoms with van der Waals surface area (Å²) in [6.45, 7) is 0. The van der Waals surface area contributed by atoms with Gasteiger partial charge in [-0.1, -0.05) is 6.07 Å². The van der Waals surface area contributed by atoms with Crippen molar-refractivity contribution in [2.45, 2.75) is 18.9 Å². The molecule has 7 heteroatoms. The van der Waals surface area contributed by atoms with Crippen LogP contribution in [-0.2, 0) is 9.59 Å². The van der Waals surface area contributed by atoms with Crippen LogP contribution in [0.2, 0.25) is 0 Å². The van der Waals surface area contributed by atoms with Gasteiger partial charge < -0.3 is 16.2 Å². The Labute approximate surface area is 102 Å². The molecule has 1 rings (SSSR count). The van der Waals surface area contributed by atoms with E-state index in [0.717, 1.165) is 18.2 Å². The number of carbonyl (C=O) groups excluding carboxylic acids is 1. The van der Waals surface area contributed by atoms with Crippen molar-refractivity contribution in [3.8, 4) is 0 Å². The molecule has 0 aliphatic rings. The Morgan fingerprint density at radius 3 is 2.39 bits per heavy atom. The van der Waals surface area contributed by atoms with E-state index in [0.29, 0.717) is 0 Å². The Hall–Kier alpha value is -2.02. The van der Waals surface area contributed by atoms with E-state index in [4.69, 9.17) is 10.8 Å². The molecular formula is C11H12F2N2O3. The number of carboxylic acids is 1. The predicted octanol–water partition coefficient (Wildman–Crippen LogP) is 1.10. The zero-order valence-electron chi connectivity index (χ0n) is 9.32. The highest BCUT2D eigenvalue weighted by Gasteiger charge is 2.18. The average molecular weight is 258 g/mol. The van der Waals surface area contributed by atoms with Gasteiger partial charge in [-0.05, 0) is 18.6 Å². The number of hydrogen-bond acceptors (Lipinski definition) is 3. The highest BCUT2D eigenvalue weighted by molar-refractivity contribution is 5.95. The van der Waals surface area contributed by atoms with E-state index < -0.39 is 35.2 Å². The van der Waals surface area contributed by atoms with Crippen LogP contribution in [0.15, 0.2) is 18.2 Å². The third kappa shape index (κ3) is 3.77. The molecule has 1 amide bonds. The number of carboxylic acid groups (broad SMARTS) is 1. The quantitative estimate of drug-likeness (QED) is 0.737. The van der Waals surface area contributed by atoms with Crippen molar-refractivity contribution in [2.24, 2.45) is 5.73 Å². The molecule has 5 nitrogen and oxygen atoms in total. The van der Waals surface area contributed by atoms with Gasteiger partial charge in [0.15, 0.2) is 0 Å². The number of hydrogen-bond donors (Lipinski definition) is 3. The first kappa shape index (κ1) is 14.0. The lowest BCUT2D eigenvalue weighted by molar-refractivity contribution is -0.137. The van der Waals surface area contributed by atoms with Crippen LogP contribution in [0.5, 0.6) is 0 Å². The maximum absolute atomic E-state index is 13.2. The molecule has 0 fully saturated rings. The number of nitrogens with one attached hydrogen (secondary N) is 1. The number of benzene rings is 1. The molecular weight excluding hydrogens is 246 g/mol. The minimum Gasteiger partial charge on any atom is -0.481 e. The Balaban J connectivity index is 2.67. The van der Waals surface area contributed by atoms with Gasteiger partial charge in [0.25, 0.3) is 0 Å². The van der Waals surface area contributed by atoms with Crippen LogP contribution in [0.3, 0.4) is 0 Å². The number of aliphatic carboxylic acids is 1. The third-order valence-corrected chi connectivity index (χ3v) is 2.22. The molecule has 1 atom stereocenters. The summed E-state index contributed by atoms with van der Waals surface area (Å²) in [6.07, 6.45) is -0.411. The van der Waals surface area contributed by atoms with Crippen LogP contribution >= 0.6 is 0 Å². The number of carbonyl (C=O) groups is 2. The van der Waals surface area contributed by atoms with Crippen LogP contribution < -0.4 is 11.1 Å². The van der Waals surface area contributed by atoms with E-state index in [2.05, 4.69) is 0 Å². The molecule has 98 valence electrons. The van der Waals surface area contributed by atoms with Crippen molar-refractivity contribution in [3.05, 3.63) is 29.8 Å². The zero-order valence-corrected chi connectivity index (χ0v) is 9.32. The van der Waals surface area contributed by atoms with Crippen molar-refractivity contribution in [1.82, 2.24) is 0 Å². The van der Waals surface area contributed by atoms with Crippen LogP contribution in [0.4, 0.5) is 14.5 Å². The lowest BCUT2D eigenvalue weighted by atomic mass is 10.1. The van der Waals surface area contributed by atoms with Crippen LogP contribution in [0.1, 0.15) is 12.8 Å². The fourth-order valence-electron chi connectivity index (χ4n) is 1.24. The topological polar surface area (TPSA) is 92.4 Å². The lowest BCUT2D eigenvalue weighted by Gasteiger charge is -2.12. The van der Waals surface area contributed by atoms with Gasteiger partial charge >= 0.3 is 5.97 Å². The number of nitrogens with two attached hydrogens (primary N) is 1. The molecule has 4 N–H and O–H groups in total. The van der Waals surface area contributed by atoms with E-state index in [-0.39, 0.29) is 12.8 Å². The molecule has 1 unspecified atom stereocenters. The molecule has 0 aromatic heterocycles. The molecule has 0 aliphatic heterocycles. The van der Waals surface area contributed by atoms with E-state index in [1.165, 1.54) is 0 Å². The number of anilines is 1. The smallest absolute Gasteiger partial charge is 0.303 e. The van der Waals surface area contributed by atoms with Crippen LogP contribution in [0, 0.1) is 11.6 Å². The highest BCUT2D eigenvalue weighted by Crippen LogP contribution is 2.18. The molecule has 0 bridgehead atoms. The number of rotatable bonds is 5. The largest absolute Gasteiger partial charge is 0.481 e. The minimum absolute atomic E-state index is 0.114. The van der Waals surface area contributed by atoms with E-state index in [1.54, 1.807) is 0 Å². The Morgan fingerprint density at radius 2 is 1.89 bits per heavy atom. The monoisotopic (exact) mass is 258 g/mol. The van der Waals surface area contributed by atoms with Crippen LogP contribution in [-0.4, -0.2) is 23.0 Å². The SMILES string of the molecule is NC(CCC(=O)O)C(=O)Nc1c(F)cccc1F. The van der Waals surface area contributed by atoms with Gasteiger partial charge in [-0.2, -0.15) is 0 Å². The average Bonchev–Trinajstić information content (AvgIpc) is 2.30. The minimum atomic E-state index is -1.14. The normalized spacial score (nSPS) is 11.9. The molecule has 1 aromatic rings. The fourth-order valence-corrected chi connectivity index (χ4v) is 1.24. The van der Waals surface area contributed by atoms with E-state index in [9.17, 15) is 18.4 Å². The van der Waals surface area contributed by atoms with E-state index in [1.807, 2.05) is 5.32 Å². The maximum Gasteiger partial charge on any atom is 0.303 e. The van der Waals surface area contributed by atoms with Crippen LogP contribution in [0.25, 0.3) is 0 Å². The van der Waals surface area contributed by atoms with Gasteiger partial charge in [-0.15, -0.1) is 0 Å². The molecule has 18 heavy (non-hydrogen) atoms. The first-order valence-corrected chi connectivity index (χ1v) is 5.14. The standard InChI is InChI=1S/C11H12F2N2O3/c12-6-2-1-3-7(13)10(6)15-11(18)8(14)4-5-9(16)17/h1-3,8H,4-5,14H2,(H,15,18)(H,16,17). The molecule has 0 spiro atoms. The summed E-state index contributed by atoms with van der Waals surface area (Å²) < 4.78 is 26.4. The summed E-state index contributed by atoms with van der Waals surface area (Å²) in [5.41, 5.74) is 4.80. The van der Waals surface area contributed by atoms with Crippen molar-refractivity contribution in [3.63, 3.8) is 0 Å². The second-order valence-corrected chi connectivity index (χ2v) is 3.62. The van der Waals surface area contributed by atoms with Gasteiger partial charge in [0.05, 0.1) is 6.04 Å². The summed E-state index contributed by atoms with van der Waals surface area (Å²) >= 11 is 0. The highest BCUT2D eigenvalue weighted by atomic mass is 19.1. The van der Waals surface area contributed by atoms with Gasteiger partial charge in [0.1, 0.15) is 17.3 Å². The second kappa shape index (κ2) is 6.06. The van der Waals surface area contributed by atoms with E-state index >= 15 is 0 Å². The summed E-state index contributed by atoms with van der Waals surface area (Å²) in [6, 6.07) is 1.99. The number of halogens is 2. The van der Waals surface area contributed by atoms with Crippen molar-refractivity contribution < 1.29 is 23.5 Å². The number of para-hydroxylation sites is 1. The molecule has 0 saturated heterocycles. The molecule has 0 radical (unpaired) electrons. The van der Waals surface area contributed by atoms with Gasteiger partial charge in [-0.25, -0.2) is 8.78 Å². The Bertz CT molecular complexity index is 445. The Kier molecular flexibility index (Phi) is 4.73. The number of amides is 1. The molecule has 0 saturated carbocycles. The molecule has 1 aromatic carbocycles. The zero-order chi connectivity index (χ0) is 13.7. The van der Waals surface area contributed by atoms with Gasteiger partial charge in [0.2, 0.25) is 5.91 Å². The Morgan fingerprint density at radius 1 is 1.33 bits per heavy atom. The van der Waals surface area contributed by atoms with Gasteiger partial charge in [0, 0.05) is 6.42 Å². The molecule has 0 heterocycles. The van der Waals surface area contributed by atoms with Crippen molar-refractivity contribution >= 4 is 17.6 Å².